The second kappa shape index (κ2) is 8.32. The molecular weight excluding hydrogens is 401 g/mol. The quantitative estimate of drug-likeness (QED) is 0.652. The number of hydrogen-bond donors (Lipinski definition) is 1. The highest BCUT2D eigenvalue weighted by Crippen LogP contribution is 2.28. The van der Waals surface area contributed by atoms with Gasteiger partial charge in [-0.3, -0.25) is 4.90 Å². The maximum absolute atomic E-state index is 13.0. The number of hydrogen-bond acceptors (Lipinski definition) is 4. The van der Waals surface area contributed by atoms with Crippen molar-refractivity contribution in [3.8, 4) is 11.8 Å². The highest BCUT2D eigenvalue weighted by atomic mass is 19.1. The molecule has 0 spiro atoms. The lowest BCUT2D eigenvalue weighted by molar-refractivity contribution is 0.0696. The van der Waals surface area contributed by atoms with E-state index in [0.717, 1.165) is 11.1 Å². The van der Waals surface area contributed by atoms with Crippen LogP contribution in [0.1, 0.15) is 33.1 Å². The number of carboxylic acid groups (broad SMARTS) is 1. The normalized spacial score (nSPS) is 12.9. The van der Waals surface area contributed by atoms with Gasteiger partial charge < -0.3 is 14.4 Å². The monoisotopic (exact) mass is 419 g/mol. The van der Waals surface area contributed by atoms with E-state index in [1.54, 1.807) is 36.2 Å². The molecule has 1 aromatic heterocycles. The minimum Gasteiger partial charge on any atom is -0.478 e. The predicted octanol–water partition coefficient (Wildman–Crippen LogP) is 3.68. The van der Waals surface area contributed by atoms with Gasteiger partial charge in [-0.25, -0.2) is 14.0 Å². The van der Waals surface area contributed by atoms with E-state index < -0.39 is 5.97 Å². The maximum atomic E-state index is 13.0. The lowest BCUT2D eigenvalue weighted by Crippen LogP contribution is -2.44. The van der Waals surface area contributed by atoms with Crippen molar-refractivity contribution in [2.75, 3.05) is 11.9 Å². The minimum atomic E-state index is -1.00. The fourth-order valence-electron chi connectivity index (χ4n) is 3.23. The summed E-state index contributed by atoms with van der Waals surface area (Å²) in [6.07, 6.45) is 0.417. The smallest absolute Gasteiger partial charge is 0.335 e. The van der Waals surface area contributed by atoms with Crippen LogP contribution in [-0.2, 0) is 19.5 Å². The van der Waals surface area contributed by atoms with Gasteiger partial charge in [0.1, 0.15) is 5.82 Å². The molecule has 4 rings (SSSR count). The molecule has 0 saturated carbocycles. The molecule has 3 aromatic rings. The highest BCUT2D eigenvalue weighted by molar-refractivity contribution is 5.92. The maximum Gasteiger partial charge on any atom is 0.335 e. The molecule has 0 radical (unpaired) electrons. The number of oxazole rings is 1. The number of fused-ring (bicyclic) bond motifs is 1. The molecule has 8 heteroatoms. The van der Waals surface area contributed by atoms with Crippen molar-refractivity contribution in [1.29, 1.82) is 0 Å². The van der Waals surface area contributed by atoms with Crippen LogP contribution >= 0.6 is 0 Å². The molecule has 0 fully saturated rings. The van der Waals surface area contributed by atoms with Crippen molar-refractivity contribution >= 4 is 17.8 Å². The van der Waals surface area contributed by atoms with Crippen LogP contribution in [0, 0.1) is 17.7 Å². The number of benzene rings is 2. The Balaban J connectivity index is 1.47. The van der Waals surface area contributed by atoms with E-state index in [2.05, 4.69) is 16.8 Å². The zero-order chi connectivity index (χ0) is 22.0. The first-order valence-corrected chi connectivity index (χ1v) is 9.48. The van der Waals surface area contributed by atoms with E-state index in [-0.39, 0.29) is 29.8 Å². The van der Waals surface area contributed by atoms with Crippen molar-refractivity contribution in [2.24, 2.45) is 0 Å². The molecule has 156 valence electrons. The molecule has 0 unspecified atom stereocenters. The van der Waals surface area contributed by atoms with Crippen LogP contribution in [0.3, 0.4) is 0 Å². The van der Waals surface area contributed by atoms with Gasteiger partial charge in [0, 0.05) is 20.0 Å². The fraction of sp³-hybridized carbons (Fsp3) is 0.174. The molecule has 2 aromatic carbocycles. The van der Waals surface area contributed by atoms with Crippen LogP contribution < -0.4 is 4.90 Å². The molecule has 0 bridgehead atoms. The standard InChI is InChI=1S/C23H18FN3O4/c1-26-21-19(31-20(25-21)4-2-3-15-7-11-18(24)12-8-15)14-27(23(26)30)13-16-5-9-17(10-6-16)22(28)29/h5-12H,3,13-14H2,1H3,(H,28,29). The number of aromatic nitrogens is 1. The first-order valence-electron chi connectivity index (χ1n) is 9.48. The third-order valence-corrected chi connectivity index (χ3v) is 4.86. The van der Waals surface area contributed by atoms with E-state index >= 15 is 0 Å². The summed E-state index contributed by atoms with van der Waals surface area (Å²) < 4.78 is 18.7. The van der Waals surface area contributed by atoms with Crippen LogP contribution in [0.4, 0.5) is 15.0 Å². The number of carboxylic acids is 1. The summed E-state index contributed by atoms with van der Waals surface area (Å²) in [5, 5.41) is 9.01. The molecule has 1 aliphatic heterocycles. The lowest BCUT2D eigenvalue weighted by atomic mass is 10.1. The Bertz CT molecular complexity index is 1190. The number of carbonyl (C=O) groups excluding carboxylic acids is 1. The summed E-state index contributed by atoms with van der Waals surface area (Å²) in [6, 6.07) is 12.2. The number of aromatic carboxylic acids is 1. The van der Waals surface area contributed by atoms with Gasteiger partial charge >= 0.3 is 12.0 Å². The Morgan fingerprint density at radius 3 is 2.52 bits per heavy atom. The number of anilines is 1. The zero-order valence-electron chi connectivity index (χ0n) is 16.6. The topological polar surface area (TPSA) is 86.9 Å². The molecular formula is C23H18FN3O4. The van der Waals surface area contributed by atoms with Gasteiger partial charge in [-0.2, -0.15) is 4.98 Å². The first-order chi connectivity index (χ1) is 14.9. The molecule has 2 heterocycles. The molecule has 0 aliphatic carbocycles. The molecule has 2 amide bonds. The van der Waals surface area contributed by atoms with Crippen molar-refractivity contribution in [1.82, 2.24) is 9.88 Å². The summed E-state index contributed by atoms with van der Waals surface area (Å²) in [5.41, 5.74) is 1.86. The Morgan fingerprint density at radius 2 is 1.84 bits per heavy atom. The Kier molecular flexibility index (Phi) is 5.41. The lowest BCUT2D eigenvalue weighted by Gasteiger charge is -2.31. The SMILES string of the molecule is CN1C(=O)N(Cc2ccc(C(=O)O)cc2)Cc2oc(C#CCc3ccc(F)cc3)nc21. The van der Waals surface area contributed by atoms with Gasteiger partial charge in [0.15, 0.2) is 11.6 Å². The van der Waals surface area contributed by atoms with Crippen molar-refractivity contribution in [3.63, 3.8) is 0 Å². The van der Waals surface area contributed by atoms with Gasteiger partial charge in [-0.15, -0.1) is 0 Å². The van der Waals surface area contributed by atoms with E-state index in [9.17, 15) is 14.0 Å². The van der Waals surface area contributed by atoms with Crippen molar-refractivity contribution in [2.45, 2.75) is 19.5 Å². The summed E-state index contributed by atoms with van der Waals surface area (Å²) >= 11 is 0. The highest BCUT2D eigenvalue weighted by Gasteiger charge is 2.32. The summed E-state index contributed by atoms with van der Waals surface area (Å²) in [4.78, 5) is 31.0. The number of urea groups is 1. The van der Waals surface area contributed by atoms with Gasteiger partial charge in [0.05, 0.1) is 12.1 Å². The average Bonchev–Trinajstić information content (AvgIpc) is 3.16. The molecule has 1 aliphatic rings. The molecule has 0 atom stereocenters. The number of halogens is 1. The van der Waals surface area contributed by atoms with Crippen LogP contribution in [0.15, 0.2) is 52.9 Å². The van der Waals surface area contributed by atoms with Gasteiger partial charge in [-0.05, 0) is 41.3 Å². The van der Waals surface area contributed by atoms with Crippen LogP contribution in [-0.4, -0.2) is 34.0 Å². The summed E-state index contributed by atoms with van der Waals surface area (Å²) in [6.45, 7) is 0.528. The second-order valence-electron chi connectivity index (χ2n) is 7.07. The Labute approximate surface area is 177 Å². The van der Waals surface area contributed by atoms with E-state index in [4.69, 9.17) is 9.52 Å². The number of amides is 2. The van der Waals surface area contributed by atoms with Crippen molar-refractivity contribution < 1.29 is 23.5 Å². The Morgan fingerprint density at radius 1 is 1.16 bits per heavy atom. The first kappa shape index (κ1) is 20.2. The van der Waals surface area contributed by atoms with E-state index in [1.165, 1.54) is 29.2 Å². The number of nitrogens with zero attached hydrogens (tertiary/aromatic N) is 3. The van der Waals surface area contributed by atoms with Crippen LogP contribution in [0.25, 0.3) is 0 Å². The predicted molar refractivity (Wildman–Crippen MR) is 110 cm³/mol. The Hall–Kier alpha value is -4.12. The van der Waals surface area contributed by atoms with Crippen LogP contribution in [0.2, 0.25) is 0 Å². The molecule has 0 saturated heterocycles. The second-order valence-corrected chi connectivity index (χ2v) is 7.07. The molecule has 1 N–H and O–H groups in total. The van der Waals surface area contributed by atoms with Gasteiger partial charge in [-0.1, -0.05) is 30.2 Å². The van der Waals surface area contributed by atoms with E-state index in [1.807, 2.05) is 0 Å². The van der Waals surface area contributed by atoms with Gasteiger partial charge in [0.2, 0.25) is 0 Å². The summed E-state index contributed by atoms with van der Waals surface area (Å²) in [5.74, 6) is 5.65. The third kappa shape index (κ3) is 4.41. The van der Waals surface area contributed by atoms with Crippen molar-refractivity contribution in [3.05, 3.63) is 82.7 Å². The third-order valence-electron chi connectivity index (χ3n) is 4.86. The average molecular weight is 419 g/mol. The van der Waals surface area contributed by atoms with Gasteiger partial charge in [0.25, 0.3) is 5.89 Å². The van der Waals surface area contributed by atoms with Crippen LogP contribution in [0.5, 0.6) is 0 Å². The largest absolute Gasteiger partial charge is 0.478 e. The number of rotatable bonds is 4. The summed E-state index contributed by atoms with van der Waals surface area (Å²) in [7, 11) is 1.61. The zero-order valence-corrected chi connectivity index (χ0v) is 16.6. The molecule has 7 nitrogen and oxygen atoms in total. The fourth-order valence-corrected chi connectivity index (χ4v) is 3.23. The molecule has 31 heavy (non-hydrogen) atoms. The minimum absolute atomic E-state index is 0.187. The number of carbonyl (C=O) groups is 2. The van der Waals surface area contributed by atoms with E-state index in [0.29, 0.717) is 24.5 Å².